The van der Waals surface area contributed by atoms with Gasteiger partial charge in [0.05, 0.1) is 11.1 Å². The van der Waals surface area contributed by atoms with Crippen LogP contribution in [-0.4, -0.2) is 27.0 Å². The Morgan fingerprint density at radius 1 is 1.53 bits per heavy atom. The number of hydrogen-bond donors (Lipinski definition) is 1. The highest BCUT2D eigenvalue weighted by molar-refractivity contribution is 8.00. The molecule has 2 aliphatic heterocycles. The lowest BCUT2D eigenvalue weighted by Crippen LogP contribution is -2.43. The van der Waals surface area contributed by atoms with E-state index in [1.54, 1.807) is 22.7 Å². The lowest BCUT2D eigenvalue weighted by atomic mass is 9.99. The number of nitrogens with zero attached hydrogens (tertiary/aromatic N) is 1. The molecule has 1 fully saturated rings. The van der Waals surface area contributed by atoms with Crippen molar-refractivity contribution in [3.05, 3.63) is 35.4 Å². The largest absolute Gasteiger partial charge is 0.366 e. The second-order valence-electron chi connectivity index (χ2n) is 3.94. The van der Waals surface area contributed by atoms with E-state index in [4.69, 9.17) is 0 Å². The van der Waals surface area contributed by atoms with Gasteiger partial charge in [-0.1, -0.05) is 18.2 Å². The highest BCUT2D eigenvalue weighted by Crippen LogP contribution is 2.49. The predicted molar refractivity (Wildman–Crippen MR) is 58.4 cm³/mol. The summed E-state index contributed by atoms with van der Waals surface area (Å²) in [6, 6.07) is 7.32. The fourth-order valence-electron chi connectivity index (χ4n) is 2.33. The van der Waals surface area contributed by atoms with E-state index >= 15 is 0 Å². The van der Waals surface area contributed by atoms with Crippen molar-refractivity contribution in [3.63, 3.8) is 0 Å². The standard InChI is InChI=1S/C11H11NO2S/c1-7-11(14)9-5-3-2-4-8(9)10(13)12(11)6-15-7/h2-5,7,14H,6H2,1H3/t7-,11+/m0/s1. The van der Waals surface area contributed by atoms with E-state index in [9.17, 15) is 9.90 Å². The Hall–Kier alpha value is -1.00. The van der Waals surface area contributed by atoms with Crippen LogP contribution in [0.25, 0.3) is 0 Å². The minimum Gasteiger partial charge on any atom is -0.366 e. The van der Waals surface area contributed by atoms with Crippen LogP contribution in [0.2, 0.25) is 0 Å². The number of thioether (sulfide) groups is 1. The van der Waals surface area contributed by atoms with Gasteiger partial charge in [0.25, 0.3) is 5.91 Å². The molecule has 78 valence electrons. The maximum absolute atomic E-state index is 12.0. The molecule has 0 spiro atoms. The van der Waals surface area contributed by atoms with E-state index in [1.165, 1.54) is 0 Å². The third kappa shape index (κ3) is 0.936. The van der Waals surface area contributed by atoms with Crippen molar-refractivity contribution in [2.45, 2.75) is 17.9 Å². The molecular formula is C11H11NO2S. The molecule has 3 rings (SSSR count). The summed E-state index contributed by atoms with van der Waals surface area (Å²) in [7, 11) is 0. The van der Waals surface area contributed by atoms with E-state index in [1.807, 2.05) is 25.1 Å². The fraction of sp³-hybridized carbons (Fsp3) is 0.364. The minimum atomic E-state index is -1.08. The topological polar surface area (TPSA) is 40.5 Å². The molecule has 4 heteroatoms. The van der Waals surface area contributed by atoms with Crippen molar-refractivity contribution in [1.82, 2.24) is 4.90 Å². The maximum atomic E-state index is 12.0. The molecule has 0 aromatic heterocycles. The predicted octanol–water partition coefficient (Wildman–Crippen LogP) is 1.38. The van der Waals surface area contributed by atoms with Crippen molar-refractivity contribution >= 4 is 17.7 Å². The van der Waals surface area contributed by atoms with Crippen LogP contribution < -0.4 is 0 Å². The number of hydrogen-bond acceptors (Lipinski definition) is 3. The number of aliphatic hydroxyl groups is 1. The smallest absolute Gasteiger partial charge is 0.257 e. The van der Waals surface area contributed by atoms with Crippen LogP contribution in [0.15, 0.2) is 24.3 Å². The van der Waals surface area contributed by atoms with Crippen LogP contribution in [0.3, 0.4) is 0 Å². The van der Waals surface area contributed by atoms with Gasteiger partial charge in [-0.3, -0.25) is 9.69 Å². The molecule has 0 aliphatic carbocycles. The second-order valence-corrected chi connectivity index (χ2v) is 5.24. The van der Waals surface area contributed by atoms with Crippen LogP contribution >= 0.6 is 11.8 Å². The number of benzene rings is 1. The molecule has 0 unspecified atom stereocenters. The van der Waals surface area contributed by atoms with Gasteiger partial charge in [0.1, 0.15) is 0 Å². The summed E-state index contributed by atoms with van der Waals surface area (Å²) in [6.07, 6.45) is 0. The molecule has 2 aliphatic rings. The molecule has 1 N–H and O–H groups in total. The summed E-state index contributed by atoms with van der Waals surface area (Å²) in [5.74, 6) is 0.524. The summed E-state index contributed by atoms with van der Waals surface area (Å²) in [4.78, 5) is 13.5. The number of carbonyl (C=O) groups is 1. The van der Waals surface area contributed by atoms with Gasteiger partial charge in [0.15, 0.2) is 5.72 Å². The average molecular weight is 221 g/mol. The first kappa shape index (κ1) is 9.24. The Labute approximate surface area is 92.1 Å². The van der Waals surface area contributed by atoms with Crippen LogP contribution in [0, 0.1) is 0 Å². The van der Waals surface area contributed by atoms with Gasteiger partial charge in [0.2, 0.25) is 0 Å². The molecule has 1 amide bonds. The van der Waals surface area contributed by atoms with Gasteiger partial charge in [-0.15, -0.1) is 11.8 Å². The number of amides is 1. The van der Waals surface area contributed by atoms with Gasteiger partial charge in [0, 0.05) is 11.1 Å². The Kier molecular flexibility index (Phi) is 1.71. The van der Waals surface area contributed by atoms with Crippen LogP contribution in [0.1, 0.15) is 22.8 Å². The van der Waals surface area contributed by atoms with Crippen LogP contribution in [-0.2, 0) is 5.72 Å². The summed E-state index contributed by atoms with van der Waals surface area (Å²) in [5, 5.41) is 10.6. The SMILES string of the molecule is C[C@@H]1SCN2C(=O)c3ccccc3[C@]12O. The lowest BCUT2D eigenvalue weighted by molar-refractivity contribution is -0.0637. The summed E-state index contributed by atoms with van der Waals surface area (Å²) < 4.78 is 0. The fourth-order valence-corrected chi connectivity index (χ4v) is 3.51. The Bertz CT molecular complexity index is 448. The molecule has 0 saturated carbocycles. The average Bonchev–Trinajstić information content (AvgIpc) is 2.66. The highest BCUT2D eigenvalue weighted by Gasteiger charge is 2.55. The Balaban J connectivity index is 2.26. The molecule has 15 heavy (non-hydrogen) atoms. The first-order valence-electron chi connectivity index (χ1n) is 4.91. The van der Waals surface area contributed by atoms with Gasteiger partial charge in [-0.25, -0.2) is 0 Å². The highest BCUT2D eigenvalue weighted by atomic mass is 32.2. The van der Waals surface area contributed by atoms with Crippen molar-refractivity contribution in [3.8, 4) is 0 Å². The summed E-state index contributed by atoms with van der Waals surface area (Å²) in [6.45, 7) is 1.96. The van der Waals surface area contributed by atoms with Crippen molar-refractivity contribution in [2.24, 2.45) is 0 Å². The van der Waals surface area contributed by atoms with Gasteiger partial charge in [-0.2, -0.15) is 0 Å². The molecular weight excluding hydrogens is 210 g/mol. The van der Waals surface area contributed by atoms with Crippen LogP contribution in [0.5, 0.6) is 0 Å². The van der Waals surface area contributed by atoms with E-state index < -0.39 is 5.72 Å². The summed E-state index contributed by atoms with van der Waals surface area (Å²) in [5.41, 5.74) is 0.317. The monoisotopic (exact) mass is 221 g/mol. The lowest BCUT2D eigenvalue weighted by Gasteiger charge is -2.29. The second kappa shape index (κ2) is 2.77. The zero-order valence-electron chi connectivity index (χ0n) is 8.30. The van der Waals surface area contributed by atoms with Gasteiger partial charge < -0.3 is 5.11 Å². The molecule has 1 saturated heterocycles. The zero-order valence-corrected chi connectivity index (χ0v) is 9.12. The minimum absolute atomic E-state index is 0.0325. The first-order valence-corrected chi connectivity index (χ1v) is 5.96. The normalized spacial score (nSPS) is 33.1. The zero-order chi connectivity index (χ0) is 10.6. The van der Waals surface area contributed by atoms with Crippen molar-refractivity contribution < 1.29 is 9.90 Å². The van der Waals surface area contributed by atoms with E-state index in [-0.39, 0.29) is 11.2 Å². The quantitative estimate of drug-likeness (QED) is 0.719. The molecule has 2 atom stereocenters. The summed E-state index contributed by atoms with van der Waals surface area (Å²) >= 11 is 1.61. The number of carbonyl (C=O) groups excluding carboxylic acids is 1. The third-order valence-corrected chi connectivity index (χ3v) is 4.47. The Morgan fingerprint density at radius 2 is 2.27 bits per heavy atom. The first-order chi connectivity index (χ1) is 7.15. The maximum Gasteiger partial charge on any atom is 0.257 e. The van der Waals surface area contributed by atoms with E-state index in [0.717, 1.165) is 5.56 Å². The third-order valence-electron chi connectivity index (χ3n) is 3.23. The van der Waals surface area contributed by atoms with E-state index in [0.29, 0.717) is 11.4 Å². The molecule has 2 heterocycles. The number of fused-ring (bicyclic) bond motifs is 3. The molecule has 0 radical (unpaired) electrons. The van der Waals surface area contributed by atoms with E-state index in [2.05, 4.69) is 0 Å². The molecule has 3 nitrogen and oxygen atoms in total. The number of rotatable bonds is 0. The van der Waals surface area contributed by atoms with Gasteiger partial charge in [-0.05, 0) is 13.0 Å². The molecule has 1 aromatic carbocycles. The molecule has 1 aromatic rings. The Morgan fingerprint density at radius 3 is 3.07 bits per heavy atom. The van der Waals surface area contributed by atoms with Crippen molar-refractivity contribution in [2.75, 3.05) is 5.88 Å². The van der Waals surface area contributed by atoms with Gasteiger partial charge >= 0.3 is 0 Å². The van der Waals surface area contributed by atoms with Crippen LogP contribution in [0.4, 0.5) is 0 Å². The van der Waals surface area contributed by atoms with Crippen molar-refractivity contribution in [1.29, 1.82) is 0 Å². The molecule has 0 bridgehead atoms.